The van der Waals surface area contributed by atoms with Crippen molar-refractivity contribution in [3.05, 3.63) is 35.9 Å². The van der Waals surface area contributed by atoms with E-state index in [9.17, 15) is 9.90 Å². The van der Waals surface area contributed by atoms with Gasteiger partial charge in [0, 0.05) is 7.11 Å². The molecule has 0 radical (unpaired) electrons. The number of rotatable bonds is 7. The summed E-state index contributed by atoms with van der Waals surface area (Å²) < 4.78 is 5.08. The average Bonchev–Trinajstić information content (AvgIpc) is 2.35. The smallest absolute Gasteiger partial charge is 0.331 e. The molecule has 0 fully saturated rings. The molecular formula is C13H19NO3. The lowest BCUT2D eigenvalue weighted by atomic mass is 9.90. The zero-order valence-corrected chi connectivity index (χ0v) is 10.3. The van der Waals surface area contributed by atoms with Crippen LogP contribution >= 0.6 is 0 Å². The van der Waals surface area contributed by atoms with Crippen molar-refractivity contribution in [3.8, 4) is 0 Å². The standard InChI is InChI=1S/C13H19NO3/c1-3-9-14-13(10-17-2,12(15)16)11-7-5-4-6-8-11/h4-8,14H,3,9-10H2,1-2H3,(H,15,16). The van der Waals surface area contributed by atoms with Crippen molar-refractivity contribution >= 4 is 5.97 Å². The number of carboxylic acid groups (broad SMARTS) is 1. The first kappa shape index (κ1) is 13.7. The van der Waals surface area contributed by atoms with Crippen molar-refractivity contribution in [2.75, 3.05) is 20.3 Å². The van der Waals surface area contributed by atoms with Gasteiger partial charge in [0.1, 0.15) is 0 Å². The highest BCUT2D eigenvalue weighted by atomic mass is 16.5. The van der Waals surface area contributed by atoms with Crippen LogP contribution in [0, 0.1) is 0 Å². The molecule has 1 aromatic rings. The predicted octanol–water partition coefficient (Wildman–Crippen LogP) is 1.61. The Morgan fingerprint density at radius 1 is 1.41 bits per heavy atom. The maximum Gasteiger partial charge on any atom is 0.331 e. The van der Waals surface area contributed by atoms with Crippen LogP contribution in [0.2, 0.25) is 0 Å². The van der Waals surface area contributed by atoms with Gasteiger partial charge in [0.25, 0.3) is 0 Å². The minimum atomic E-state index is -1.16. The molecule has 0 aliphatic carbocycles. The van der Waals surface area contributed by atoms with Gasteiger partial charge in [0.15, 0.2) is 5.54 Å². The molecule has 0 amide bonds. The van der Waals surface area contributed by atoms with Crippen LogP contribution in [0.3, 0.4) is 0 Å². The second-order valence-electron chi connectivity index (χ2n) is 3.94. The quantitative estimate of drug-likeness (QED) is 0.756. The summed E-state index contributed by atoms with van der Waals surface area (Å²) in [5.74, 6) is -0.918. The van der Waals surface area contributed by atoms with E-state index in [4.69, 9.17) is 4.74 Å². The second kappa shape index (κ2) is 6.37. The van der Waals surface area contributed by atoms with Crippen LogP contribution in [0.15, 0.2) is 30.3 Å². The van der Waals surface area contributed by atoms with Gasteiger partial charge in [-0.15, -0.1) is 0 Å². The van der Waals surface area contributed by atoms with Crippen molar-refractivity contribution in [1.29, 1.82) is 0 Å². The summed E-state index contributed by atoms with van der Waals surface area (Å²) in [6, 6.07) is 9.13. The molecule has 1 aromatic carbocycles. The third-order valence-corrected chi connectivity index (χ3v) is 2.67. The Balaban J connectivity index is 3.10. The van der Waals surface area contributed by atoms with Crippen molar-refractivity contribution < 1.29 is 14.6 Å². The number of ether oxygens (including phenoxy) is 1. The number of methoxy groups -OCH3 is 1. The molecule has 0 saturated heterocycles. The fourth-order valence-electron chi connectivity index (χ4n) is 1.77. The SMILES string of the molecule is CCCNC(COC)(C(=O)O)c1ccccc1. The molecule has 94 valence electrons. The lowest BCUT2D eigenvalue weighted by Crippen LogP contribution is -2.52. The summed E-state index contributed by atoms with van der Waals surface area (Å²) in [5.41, 5.74) is -0.450. The van der Waals surface area contributed by atoms with E-state index >= 15 is 0 Å². The number of nitrogens with one attached hydrogen (secondary N) is 1. The monoisotopic (exact) mass is 237 g/mol. The molecule has 0 heterocycles. The van der Waals surface area contributed by atoms with Crippen molar-refractivity contribution in [3.63, 3.8) is 0 Å². The molecule has 0 spiro atoms. The van der Waals surface area contributed by atoms with E-state index in [-0.39, 0.29) is 6.61 Å². The Labute approximate surface area is 102 Å². The van der Waals surface area contributed by atoms with E-state index in [1.807, 2.05) is 25.1 Å². The van der Waals surface area contributed by atoms with Gasteiger partial charge in [0.05, 0.1) is 6.61 Å². The normalized spacial score (nSPS) is 14.2. The molecule has 4 heteroatoms. The summed E-state index contributed by atoms with van der Waals surface area (Å²) in [6.45, 7) is 2.73. The summed E-state index contributed by atoms with van der Waals surface area (Å²) in [5, 5.41) is 12.6. The first-order valence-corrected chi connectivity index (χ1v) is 5.70. The van der Waals surface area contributed by atoms with Crippen LogP contribution in [0.1, 0.15) is 18.9 Å². The summed E-state index contributed by atoms with van der Waals surface area (Å²) >= 11 is 0. The summed E-state index contributed by atoms with van der Waals surface area (Å²) in [6.07, 6.45) is 0.867. The van der Waals surface area contributed by atoms with Crippen LogP contribution in [-0.2, 0) is 15.1 Å². The minimum absolute atomic E-state index is 0.104. The van der Waals surface area contributed by atoms with Crippen molar-refractivity contribution in [2.45, 2.75) is 18.9 Å². The third kappa shape index (κ3) is 3.05. The fourth-order valence-corrected chi connectivity index (χ4v) is 1.77. The Bertz CT molecular complexity index is 353. The number of carboxylic acids is 1. The van der Waals surface area contributed by atoms with E-state index in [1.54, 1.807) is 12.1 Å². The molecule has 2 N–H and O–H groups in total. The topological polar surface area (TPSA) is 58.6 Å². The number of benzene rings is 1. The van der Waals surface area contributed by atoms with E-state index in [2.05, 4.69) is 5.32 Å². The van der Waals surface area contributed by atoms with Gasteiger partial charge in [-0.05, 0) is 18.5 Å². The van der Waals surface area contributed by atoms with Gasteiger partial charge in [-0.25, -0.2) is 4.79 Å². The lowest BCUT2D eigenvalue weighted by molar-refractivity contribution is -0.148. The zero-order valence-electron chi connectivity index (χ0n) is 10.3. The minimum Gasteiger partial charge on any atom is -0.480 e. The van der Waals surface area contributed by atoms with E-state index in [0.29, 0.717) is 12.1 Å². The zero-order chi connectivity index (χ0) is 12.7. The van der Waals surface area contributed by atoms with Crippen LogP contribution in [0.4, 0.5) is 0 Å². The van der Waals surface area contributed by atoms with Gasteiger partial charge >= 0.3 is 5.97 Å². The van der Waals surface area contributed by atoms with E-state index in [0.717, 1.165) is 6.42 Å². The largest absolute Gasteiger partial charge is 0.480 e. The number of hydrogen-bond donors (Lipinski definition) is 2. The van der Waals surface area contributed by atoms with E-state index < -0.39 is 11.5 Å². The molecule has 4 nitrogen and oxygen atoms in total. The van der Waals surface area contributed by atoms with E-state index in [1.165, 1.54) is 7.11 Å². The van der Waals surface area contributed by atoms with Crippen molar-refractivity contribution in [2.24, 2.45) is 0 Å². The predicted molar refractivity (Wildman–Crippen MR) is 65.9 cm³/mol. The Morgan fingerprint density at radius 3 is 2.53 bits per heavy atom. The first-order chi connectivity index (χ1) is 8.17. The highest BCUT2D eigenvalue weighted by Crippen LogP contribution is 2.22. The van der Waals surface area contributed by atoms with Crippen molar-refractivity contribution in [1.82, 2.24) is 5.32 Å². The van der Waals surface area contributed by atoms with Crippen LogP contribution in [0.5, 0.6) is 0 Å². The Kier molecular flexibility index (Phi) is 5.12. The molecule has 0 aliphatic heterocycles. The molecular weight excluding hydrogens is 218 g/mol. The van der Waals surface area contributed by atoms with Crippen LogP contribution < -0.4 is 5.32 Å². The van der Waals surface area contributed by atoms with Crippen LogP contribution in [-0.4, -0.2) is 31.3 Å². The van der Waals surface area contributed by atoms with Gasteiger partial charge in [-0.3, -0.25) is 5.32 Å². The first-order valence-electron chi connectivity index (χ1n) is 5.70. The summed E-state index contributed by atoms with van der Waals surface area (Å²) in [7, 11) is 1.51. The average molecular weight is 237 g/mol. The lowest BCUT2D eigenvalue weighted by Gasteiger charge is -2.30. The van der Waals surface area contributed by atoms with Gasteiger partial charge in [0.2, 0.25) is 0 Å². The molecule has 0 aliphatic rings. The van der Waals surface area contributed by atoms with Crippen LogP contribution in [0.25, 0.3) is 0 Å². The molecule has 0 saturated carbocycles. The fraction of sp³-hybridized carbons (Fsp3) is 0.462. The molecule has 0 aromatic heterocycles. The maximum absolute atomic E-state index is 11.6. The molecule has 1 rings (SSSR count). The Hall–Kier alpha value is -1.39. The molecule has 17 heavy (non-hydrogen) atoms. The highest BCUT2D eigenvalue weighted by molar-refractivity contribution is 5.81. The molecule has 1 atom stereocenters. The third-order valence-electron chi connectivity index (χ3n) is 2.67. The Morgan fingerprint density at radius 2 is 2.06 bits per heavy atom. The maximum atomic E-state index is 11.6. The summed E-state index contributed by atoms with van der Waals surface area (Å²) in [4.78, 5) is 11.6. The van der Waals surface area contributed by atoms with Gasteiger partial charge in [-0.1, -0.05) is 37.3 Å². The number of aliphatic carboxylic acids is 1. The molecule has 0 bridgehead atoms. The van der Waals surface area contributed by atoms with Gasteiger partial charge < -0.3 is 9.84 Å². The highest BCUT2D eigenvalue weighted by Gasteiger charge is 2.39. The number of hydrogen-bond acceptors (Lipinski definition) is 3. The molecule has 1 unspecified atom stereocenters. The second-order valence-corrected chi connectivity index (χ2v) is 3.94. The van der Waals surface area contributed by atoms with Gasteiger partial charge in [-0.2, -0.15) is 0 Å². The number of carbonyl (C=O) groups is 1.